The monoisotopic (exact) mass is 499 g/mol. The first-order chi connectivity index (χ1) is 17.0. The summed E-state index contributed by atoms with van der Waals surface area (Å²) in [6.45, 7) is 2.77. The molecule has 0 saturated heterocycles. The summed E-state index contributed by atoms with van der Waals surface area (Å²) < 4.78 is 37.9. The number of amides is 2. The van der Waals surface area contributed by atoms with Crippen LogP contribution in [0.2, 0.25) is 0 Å². The normalized spacial score (nSPS) is 18.1. The van der Waals surface area contributed by atoms with E-state index in [0.717, 1.165) is 6.07 Å². The van der Waals surface area contributed by atoms with Gasteiger partial charge in [-0.2, -0.15) is 0 Å². The van der Waals surface area contributed by atoms with Gasteiger partial charge in [0.1, 0.15) is 34.9 Å². The summed E-state index contributed by atoms with van der Waals surface area (Å²) in [6.07, 6.45) is 0. The van der Waals surface area contributed by atoms with Crippen LogP contribution >= 0.6 is 0 Å². The number of aromatic nitrogens is 1. The van der Waals surface area contributed by atoms with Crippen LogP contribution < -0.4 is 20.5 Å². The summed E-state index contributed by atoms with van der Waals surface area (Å²) in [6, 6.07) is 10.7. The molecule has 2 heterocycles. The lowest BCUT2D eigenvalue weighted by molar-refractivity contribution is -0.123. The SMILES string of the molecule is COc1cc(C(=O)NC[C@](C)(O)c2cc3c(c(-c4ccc(F)cc4)n2)OC[C@]3(C)C(N)=O)ccc1F.[HH]. The van der Waals surface area contributed by atoms with Crippen LogP contribution in [0.3, 0.4) is 0 Å². The van der Waals surface area contributed by atoms with Gasteiger partial charge in [0.05, 0.1) is 19.3 Å². The number of ether oxygens (including phenoxy) is 2. The van der Waals surface area contributed by atoms with E-state index in [2.05, 4.69) is 10.3 Å². The quantitative estimate of drug-likeness (QED) is 0.459. The molecule has 0 spiro atoms. The predicted octanol–water partition coefficient (Wildman–Crippen LogP) is 3.05. The number of rotatable bonds is 7. The number of primary amides is 1. The minimum Gasteiger partial charge on any atom is -0.494 e. The third-order valence-corrected chi connectivity index (χ3v) is 6.29. The molecule has 1 aliphatic heterocycles. The Balaban J connectivity index is 0.00000380. The number of nitrogens with one attached hydrogen (secondary N) is 1. The predicted molar refractivity (Wildman–Crippen MR) is 129 cm³/mol. The Hall–Kier alpha value is -4.05. The van der Waals surface area contributed by atoms with Crippen molar-refractivity contribution in [2.24, 2.45) is 5.73 Å². The van der Waals surface area contributed by atoms with E-state index in [1.807, 2.05) is 0 Å². The molecule has 10 heteroatoms. The molecule has 0 unspecified atom stereocenters. The Morgan fingerprint density at radius 2 is 1.94 bits per heavy atom. The van der Waals surface area contributed by atoms with Crippen LogP contribution in [-0.2, 0) is 15.8 Å². The fourth-order valence-electron chi connectivity index (χ4n) is 3.91. The summed E-state index contributed by atoms with van der Waals surface area (Å²) in [7, 11) is 1.28. The molecule has 4 rings (SSSR count). The third-order valence-electron chi connectivity index (χ3n) is 6.29. The van der Waals surface area contributed by atoms with Crippen molar-refractivity contribution in [2.75, 3.05) is 20.3 Å². The minimum absolute atomic E-state index is 0. The van der Waals surface area contributed by atoms with Crippen molar-refractivity contribution in [1.82, 2.24) is 10.3 Å². The number of halogens is 2. The molecule has 0 saturated carbocycles. The van der Waals surface area contributed by atoms with E-state index in [1.54, 1.807) is 6.92 Å². The summed E-state index contributed by atoms with van der Waals surface area (Å²) >= 11 is 0. The van der Waals surface area contributed by atoms with Crippen molar-refractivity contribution in [1.29, 1.82) is 0 Å². The van der Waals surface area contributed by atoms with Crippen molar-refractivity contribution in [3.63, 3.8) is 0 Å². The van der Waals surface area contributed by atoms with Crippen LogP contribution in [0.5, 0.6) is 11.5 Å². The first-order valence-electron chi connectivity index (χ1n) is 11.0. The molecule has 2 atom stereocenters. The van der Waals surface area contributed by atoms with Crippen LogP contribution in [0.4, 0.5) is 8.78 Å². The number of aliphatic hydroxyl groups is 1. The van der Waals surface area contributed by atoms with E-state index in [9.17, 15) is 23.5 Å². The number of carbonyl (C=O) groups excluding carboxylic acids is 2. The molecular weight excluding hydrogens is 472 g/mol. The molecule has 0 bridgehead atoms. The number of nitrogens with two attached hydrogens (primary N) is 1. The lowest BCUT2D eigenvalue weighted by atomic mass is 9.82. The van der Waals surface area contributed by atoms with Crippen LogP contribution in [0.1, 0.15) is 36.9 Å². The second kappa shape index (κ2) is 9.19. The molecule has 36 heavy (non-hydrogen) atoms. The summed E-state index contributed by atoms with van der Waals surface area (Å²) in [5.41, 5.74) is 4.26. The standard InChI is InChI=1S/C26H25F2N3O5.H2/c1-25(24(29)33)13-36-22-17(25)11-20(31-21(22)14-4-7-16(27)8-5-14)26(2,34)12-30-23(32)15-6-9-18(28)19(10-15)35-3;/h4-11,34H,12-13H2,1-3H3,(H2,29,33)(H,30,32);1H/t25-,26-;/m0./s1. The molecule has 0 radical (unpaired) electrons. The van der Waals surface area contributed by atoms with Gasteiger partial charge in [-0.3, -0.25) is 9.59 Å². The zero-order chi connectivity index (χ0) is 26.3. The summed E-state index contributed by atoms with van der Waals surface area (Å²) in [5.74, 6) is -2.03. The number of pyridine rings is 1. The van der Waals surface area contributed by atoms with E-state index in [4.69, 9.17) is 15.2 Å². The van der Waals surface area contributed by atoms with Gasteiger partial charge in [-0.25, -0.2) is 13.8 Å². The minimum atomic E-state index is -1.70. The topological polar surface area (TPSA) is 124 Å². The molecule has 0 fully saturated rings. The molecule has 3 aromatic rings. The van der Waals surface area contributed by atoms with Gasteiger partial charge in [0.2, 0.25) is 5.91 Å². The summed E-state index contributed by atoms with van der Waals surface area (Å²) in [5, 5.41) is 13.9. The fraction of sp³-hybridized carbons (Fsp3) is 0.269. The van der Waals surface area contributed by atoms with Crippen LogP contribution in [0.15, 0.2) is 48.5 Å². The molecule has 1 aromatic heterocycles. The Morgan fingerprint density at radius 1 is 1.25 bits per heavy atom. The zero-order valence-electron chi connectivity index (χ0n) is 19.9. The van der Waals surface area contributed by atoms with Gasteiger partial charge in [0, 0.05) is 18.1 Å². The summed E-state index contributed by atoms with van der Waals surface area (Å²) in [4.78, 5) is 29.5. The second-order valence-corrected chi connectivity index (χ2v) is 9.03. The highest BCUT2D eigenvalue weighted by Crippen LogP contribution is 2.45. The molecule has 190 valence electrons. The van der Waals surface area contributed by atoms with E-state index in [0.29, 0.717) is 22.6 Å². The van der Waals surface area contributed by atoms with Crippen molar-refractivity contribution in [3.8, 4) is 22.8 Å². The first-order valence-corrected chi connectivity index (χ1v) is 11.0. The lowest BCUT2D eigenvalue weighted by Gasteiger charge is -2.26. The Labute approximate surface area is 207 Å². The number of fused-ring (bicyclic) bond motifs is 1. The Kier molecular flexibility index (Phi) is 6.40. The molecule has 0 aliphatic carbocycles. The number of nitrogens with zero attached hydrogens (tertiary/aromatic N) is 1. The van der Waals surface area contributed by atoms with Crippen molar-refractivity contribution in [3.05, 3.63) is 77.0 Å². The lowest BCUT2D eigenvalue weighted by Crippen LogP contribution is -2.41. The first kappa shape index (κ1) is 25.1. The fourth-order valence-corrected chi connectivity index (χ4v) is 3.91. The van der Waals surface area contributed by atoms with E-state index in [1.165, 1.54) is 56.5 Å². The number of methoxy groups -OCH3 is 1. The number of carbonyl (C=O) groups is 2. The Morgan fingerprint density at radius 3 is 2.58 bits per heavy atom. The molecule has 4 N–H and O–H groups in total. The van der Waals surface area contributed by atoms with Gasteiger partial charge < -0.3 is 25.6 Å². The highest BCUT2D eigenvalue weighted by molar-refractivity contribution is 5.94. The smallest absolute Gasteiger partial charge is 0.251 e. The maximum absolute atomic E-state index is 13.7. The van der Waals surface area contributed by atoms with Gasteiger partial charge in [0.25, 0.3) is 5.91 Å². The average molecular weight is 500 g/mol. The number of hydrogen-bond acceptors (Lipinski definition) is 6. The molecule has 2 amide bonds. The van der Waals surface area contributed by atoms with E-state index < -0.39 is 34.5 Å². The van der Waals surface area contributed by atoms with Crippen molar-refractivity contribution < 1.29 is 34.4 Å². The van der Waals surface area contributed by atoms with Crippen LogP contribution in [0, 0.1) is 11.6 Å². The second-order valence-electron chi connectivity index (χ2n) is 9.03. The van der Waals surface area contributed by atoms with Gasteiger partial charge in [-0.05, 0) is 62.4 Å². The zero-order valence-corrected chi connectivity index (χ0v) is 19.9. The van der Waals surface area contributed by atoms with E-state index >= 15 is 0 Å². The average Bonchev–Trinajstić information content (AvgIpc) is 3.21. The molecular formula is C26H27F2N3O5. The molecule has 1 aliphatic rings. The van der Waals surface area contributed by atoms with E-state index in [-0.39, 0.29) is 31.6 Å². The highest BCUT2D eigenvalue weighted by atomic mass is 19.1. The van der Waals surface area contributed by atoms with Gasteiger partial charge in [-0.1, -0.05) is 0 Å². The molecule has 8 nitrogen and oxygen atoms in total. The maximum Gasteiger partial charge on any atom is 0.251 e. The van der Waals surface area contributed by atoms with Gasteiger partial charge in [0.15, 0.2) is 11.6 Å². The third kappa shape index (κ3) is 4.47. The van der Waals surface area contributed by atoms with Gasteiger partial charge >= 0.3 is 0 Å². The van der Waals surface area contributed by atoms with Crippen LogP contribution in [0.25, 0.3) is 11.3 Å². The maximum atomic E-state index is 13.7. The number of hydrogen-bond donors (Lipinski definition) is 3. The van der Waals surface area contributed by atoms with Crippen molar-refractivity contribution in [2.45, 2.75) is 24.9 Å². The van der Waals surface area contributed by atoms with Gasteiger partial charge in [-0.15, -0.1) is 0 Å². The number of benzene rings is 2. The largest absolute Gasteiger partial charge is 0.494 e. The van der Waals surface area contributed by atoms with Crippen molar-refractivity contribution >= 4 is 11.8 Å². The van der Waals surface area contributed by atoms with Crippen LogP contribution in [-0.4, -0.2) is 42.2 Å². The highest BCUT2D eigenvalue weighted by Gasteiger charge is 2.45. The Bertz CT molecular complexity index is 1350. The molecule has 2 aromatic carbocycles.